The molecule has 1 aromatic carbocycles. The van der Waals surface area contributed by atoms with E-state index in [9.17, 15) is 13.2 Å². The van der Waals surface area contributed by atoms with Crippen LogP contribution in [0.4, 0.5) is 13.2 Å². The second-order valence-corrected chi connectivity index (χ2v) is 5.46. The summed E-state index contributed by atoms with van der Waals surface area (Å²) in [5.74, 6) is 0. The molecule has 0 heterocycles. The number of benzene rings is 1. The standard InChI is InChI=1S/C16H22F3NO/c17-16(18,19)15-9-5-4-6-13(15)12-20-10-11-21-14-7-2-1-3-8-14/h4-6,9,14,20H,1-3,7-8,10-12H2. The van der Waals surface area contributed by atoms with Gasteiger partial charge >= 0.3 is 6.18 Å². The third kappa shape index (κ3) is 5.32. The van der Waals surface area contributed by atoms with Crippen LogP contribution in [0.3, 0.4) is 0 Å². The van der Waals surface area contributed by atoms with Gasteiger partial charge < -0.3 is 10.1 Å². The molecule has 0 unspecified atom stereocenters. The fourth-order valence-electron chi connectivity index (χ4n) is 2.70. The van der Waals surface area contributed by atoms with Crippen molar-refractivity contribution < 1.29 is 17.9 Å². The van der Waals surface area contributed by atoms with Crippen molar-refractivity contribution in [1.29, 1.82) is 0 Å². The van der Waals surface area contributed by atoms with Gasteiger partial charge in [0.1, 0.15) is 0 Å². The molecular weight excluding hydrogens is 279 g/mol. The summed E-state index contributed by atoms with van der Waals surface area (Å²) in [5.41, 5.74) is -0.284. The Hall–Kier alpha value is -1.07. The lowest BCUT2D eigenvalue weighted by atomic mass is 9.98. The van der Waals surface area contributed by atoms with Crippen LogP contribution in [-0.4, -0.2) is 19.3 Å². The third-order valence-corrected chi connectivity index (χ3v) is 3.82. The van der Waals surface area contributed by atoms with Crippen LogP contribution in [-0.2, 0) is 17.5 Å². The van der Waals surface area contributed by atoms with Crippen LogP contribution in [0.5, 0.6) is 0 Å². The van der Waals surface area contributed by atoms with Gasteiger partial charge in [-0.25, -0.2) is 0 Å². The highest BCUT2D eigenvalue weighted by molar-refractivity contribution is 5.29. The molecule has 118 valence electrons. The van der Waals surface area contributed by atoms with Gasteiger partial charge in [-0.05, 0) is 24.5 Å². The second-order valence-electron chi connectivity index (χ2n) is 5.46. The summed E-state index contributed by atoms with van der Waals surface area (Å²) in [6.45, 7) is 1.34. The molecule has 0 aromatic heterocycles. The first kappa shape index (κ1) is 16.3. The first-order chi connectivity index (χ1) is 10.1. The molecule has 0 aliphatic heterocycles. The van der Waals surface area contributed by atoms with Crippen molar-refractivity contribution in [2.45, 2.75) is 50.9 Å². The minimum absolute atomic E-state index is 0.212. The number of hydrogen-bond acceptors (Lipinski definition) is 2. The minimum atomic E-state index is -4.29. The number of rotatable bonds is 6. The van der Waals surface area contributed by atoms with Crippen molar-refractivity contribution in [3.63, 3.8) is 0 Å². The zero-order chi connectivity index (χ0) is 15.1. The lowest BCUT2D eigenvalue weighted by molar-refractivity contribution is -0.138. The average molecular weight is 301 g/mol. The molecule has 1 aromatic rings. The van der Waals surface area contributed by atoms with Gasteiger partial charge in [0.15, 0.2) is 0 Å². The van der Waals surface area contributed by atoms with Crippen molar-refractivity contribution in [1.82, 2.24) is 5.32 Å². The number of ether oxygens (including phenoxy) is 1. The Morgan fingerprint density at radius 3 is 2.52 bits per heavy atom. The van der Waals surface area contributed by atoms with Gasteiger partial charge in [-0.15, -0.1) is 0 Å². The van der Waals surface area contributed by atoms with Gasteiger partial charge in [0.05, 0.1) is 18.3 Å². The fraction of sp³-hybridized carbons (Fsp3) is 0.625. The van der Waals surface area contributed by atoms with Crippen LogP contribution in [0, 0.1) is 0 Å². The molecule has 0 saturated heterocycles. The van der Waals surface area contributed by atoms with E-state index < -0.39 is 11.7 Å². The molecule has 0 atom stereocenters. The van der Waals surface area contributed by atoms with Crippen LogP contribution in [0.15, 0.2) is 24.3 Å². The smallest absolute Gasteiger partial charge is 0.377 e. The first-order valence-corrected chi connectivity index (χ1v) is 7.55. The van der Waals surface area contributed by atoms with Crippen molar-refractivity contribution in [3.05, 3.63) is 35.4 Å². The molecule has 0 radical (unpaired) electrons. The Morgan fingerprint density at radius 2 is 1.81 bits per heavy atom. The number of nitrogens with one attached hydrogen (secondary N) is 1. The molecule has 1 saturated carbocycles. The van der Waals surface area contributed by atoms with E-state index in [0.29, 0.717) is 19.3 Å². The van der Waals surface area contributed by atoms with Crippen LogP contribution in [0.1, 0.15) is 43.2 Å². The monoisotopic (exact) mass is 301 g/mol. The van der Waals surface area contributed by atoms with Gasteiger partial charge in [-0.3, -0.25) is 0 Å². The summed E-state index contributed by atoms with van der Waals surface area (Å²) in [6, 6.07) is 5.68. The van der Waals surface area contributed by atoms with Gasteiger partial charge in [-0.2, -0.15) is 13.2 Å². The molecule has 0 amide bonds. The lowest BCUT2D eigenvalue weighted by Crippen LogP contribution is -2.25. The van der Waals surface area contributed by atoms with Crippen molar-refractivity contribution in [2.24, 2.45) is 0 Å². The summed E-state index contributed by atoms with van der Waals surface area (Å²) in [6.07, 6.45) is 1.98. The highest BCUT2D eigenvalue weighted by Gasteiger charge is 2.32. The Labute approximate surface area is 123 Å². The molecule has 1 fully saturated rings. The van der Waals surface area contributed by atoms with E-state index in [0.717, 1.165) is 18.9 Å². The second kappa shape index (κ2) is 7.80. The van der Waals surface area contributed by atoms with Crippen molar-refractivity contribution in [2.75, 3.05) is 13.2 Å². The van der Waals surface area contributed by atoms with E-state index in [-0.39, 0.29) is 12.1 Å². The lowest BCUT2D eigenvalue weighted by Gasteiger charge is -2.22. The topological polar surface area (TPSA) is 21.3 Å². The van der Waals surface area contributed by atoms with Gasteiger partial charge in [0.2, 0.25) is 0 Å². The quantitative estimate of drug-likeness (QED) is 0.797. The minimum Gasteiger partial charge on any atom is -0.377 e. The van der Waals surface area contributed by atoms with Crippen LogP contribution >= 0.6 is 0 Å². The zero-order valence-electron chi connectivity index (χ0n) is 12.1. The van der Waals surface area contributed by atoms with Gasteiger partial charge in [0, 0.05) is 13.1 Å². The maximum Gasteiger partial charge on any atom is 0.416 e. The molecule has 1 N–H and O–H groups in total. The summed E-state index contributed by atoms with van der Waals surface area (Å²) < 4.78 is 44.2. The van der Waals surface area contributed by atoms with E-state index in [1.54, 1.807) is 6.07 Å². The number of alkyl halides is 3. The highest BCUT2D eigenvalue weighted by Crippen LogP contribution is 2.31. The normalized spacial score (nSPS) is 17.1. The van der Waals surface area contributed by atoms with E-state index >= 15 is 0 Å². The molecule has 0 bridgehead atoms. The Kier molecular flexibility index (Phi) is 6.06. The van der Waals surface area contributed by atoms with E-state index in [4.69, 9.17) is 4.74 Å². The molecule has 1 aliphatic rings. The van der Waals surface area contributed by atoms with E-state index in [1.165, 1.54) is 31.4 Å². The van der Waals surface area contributed by atoms with Crippen LogP contribution in [0.2, 0.25) is 0 Å². The van der Waals surface area contributed by atoms with Crippen molar-refractivity contribution >= 4 is 0 Å². The molecular formula is C16H22F3NO. The van der Waals surface area contributed by atoms with Crippen molar-refractivity contribution in [3.8, 4) is 0 Å². The average Bonchev–Trinajstić information content (AvgIpc) is 2.47. The summed E-state index contributed by atoms with van der Waals surface area (Å²) in [7, 11) is 0. The molecule has 21 heavy (non-hydrogen) atoms. The third-order valence-electron chi connectivity index (χ3n) is 3.82. The predicted octanol–water partition coefficient (Wildman–Crippen LogP) is 4.14. The van der Waals surface area contributed by atoms with Crippen LogP contribution < -0.4 is 5.32 Å². The fourth-order valence-corrected chi connectivity index (χ4v) is 2.70. The Balaban J connectivity index is 1.71. The highest BCUT2D eigenvalue weighted by atomic mass is 19.4. The van der Waals surface area contributed by atoms with E-state index in [2.05, 4.69) is 5.32 Å². The first-order valence-electron chi connectivity index (χ1n) is 7.55. The zero-order valence-corrected chi connectivity index (χ0v) is 12.1. The summed E-state index contributed by atoms with van der Waals surface area (Å²) in [5, 5.41) is 3.03. The maximum absolute atomic E-state index is 12.8. The van der Waals surface area contributed by atoms with Gasteiger partial charge in [0.25, 0.3) is 0 Å². The molecule has 1 aliphatic carbocycles. The van der Waals surface area contributed by atoms with E-state index in [1.807, 2.05) is 0 Å². The number of halogens is 3. The van der Waals surface area contributed by atoms with Gasteiger partial charge in [-0.1, -0.05) is 37.5 Å². The molecule has 0 spiro atoms. The summed E-state index contributed by atoms with van der Waals surface area (Å²) in [4.78, 5) is 0. The Bertz CT molecular complexity index is 428. The molecule has 5 heteroatoms. The Morgan fingerprint density at radius 1 is 1.10 bits per heavy atom. The number of hydrogen-bond donors (Lipinski definition) is 1. The molecule has 2 nitrogen and oxygen atoms in total. The largest absolute Gasteiger partial charge is 0.416 e. The SMILES string of the molecule is FC(F)(F)c1ccccc1CNCCOC1CCCCC1. The predicted molar refractivity (Wildman–Crippen MR) is 76.0 cm³/mol. The van der Waals surface area contributed by atoms with Crippen LogP contribution in [0.25, 0.3) is 0 Å². The summed E-state index contributed by atoms with van der Waals surface area (Å²) >= 11 is 0. The molecule has 2 rings (SSSR count). The maximum atomic E-state index is 12.8.